The van der Waals surface area contributed by atoms with E-state index in [0.717, 1.165) is 30.9 Å². The van der Waals surface area contributed by atoms with Crippen molar-refractivity contribution in [1.29, 1.82) is 0 Å². The Hall–Kier alpha value is -1.06. The molecule has 1 N–H and O–H groups in total. The van der Waals surface area contributed by atoms with E-state index in [1.807, 2.05) is 7.05 Å². The van der Waals surface area contributed by atoms with Crippen LogP contribution in [0.3, 0.4) is 0 Å². The summed E-state index contributed by atoms with van der Waals surface area (Å²) in [4.78, 5) is 14.3. The van der Waals surface area contributed by atoms with Gasteiger partial charge in [-0.15, -0.1) is 0 Å². The molecule has 7 atom stereocenters. The van der Waals surface area contributed by atoms with Crippen molar-refractivity contribution in [2.45, 2.75) is 78.7 Å². The molecular weight excluding hydrogens is 324 g/mol. The van der Waals surface area contributed by atoms with E-state index in [1.54, 1.807) is 0 Å². The highest BCUT2D eigenvalue weighted by Crippen LogP contribution is 2.65. The van der Waals surface area contributed by atoms with Gasteiger partial charge in [0.1, 0.15) is 0 Å². The van der Waals surface area contributed by atoms with E-state index < -0.39 is 0 Å². The van der Waals surface area contributed by atoms with Gasteiger partial charge in [0.25, 0.3) is 0 Å². The van der Waals surface area contributed by atoms with Gasteiger partial charge in [-0.3, -0.25) is 4.79 Å². The number of carbonyl (C=O) groups excluding carboxylic acids is 1. The van der Waals surface area contributed by atoms with Crippen molar-refractivity contribution in [2.75, 3.05) is 7.05 Å². The maximum Gasteiger partial charge on any atom is 0.222 e. The molecule has 0 spiro atoms. The van der Waals surface area contributed by atoms with Crippen LogP contribution >= 0.6 is 0 Å². The fourth-order valence-electron chi connectivity index (χ4n) is 7.81. The number of amides is 1. The lowest BCUT2D eigenvalue weighted by atomic mass is 9.47. The van der Waals surface area contributed by atoms with Crippen molar-refractivity contribution in [3.8, 4) is 0 Å². The summed E-state index contributed by atoms with van der Waals surface area (Å²) >= 11 is 0. The van der Waals surface area contributed by atoms with E-state index in [2.05, 4.69) is 37.8 Å². The summed E-state index contributed by atoms with van der Waals surface area (Å²) < 4.78 is 0. The number of likely N-dealkylation sites (tertiary alicyclic amines) is 1. The van der Waals surface area contributed by atoms with Gasteiger partial charge in [0, 0.05) is 30.8 Å². The fourth-order valence-corrected chi connectivity index (χ4v) is 7.81. The van der Waals surface area contributed by atoms with Crippen LogP contribution in [0.1, 0.15) is 72.6 Å². The molecule has 4 nitrogen and oxygen atoms in total. The van der Waals surface area contributed by atoms with Crippen LogP contribution in [0.5, 0.6) is 0 Å². The molecule has 0 aromatic carbocycles. The molecule has 4 fully saturated rings. The summed E-state index contributed by atoms with van der Waals surface area (Å²) in [5, 5.41) is 13.7. The molecule has 0 aromatic heterocycles. The van der Waals surface area contributed by atoms with Crippen LogP contribution in [0.25, 0.3) is 0 Å². The Morgan fingerprint density at radius 1 is 1.15 bits per heavy atom. The van der Waals surface area contributed by atoms with Crippen LogP contribution in [0.2, 0.25) is 0 Å². The third kappa shape index (κ3) is 2.26. The Labute approximate surface area is 158 Å². The third-order valence-electron chi connectivity index (χ3n) is 9.30. The van der Waals surface area contributed by atoms with Crippen molar-refractivity contribution in [3.05, 3.63) is 0 Å². The number of oxime groups is 1. The average Bonchev–Trinajstić information content (AvgIpc) is 2.91. The Morgan fingerprint density at radius 2 is 1.88 bits per heavy atom. The van der Waals surface area contributed by atoms with Crippen LogP contribution in [-0.2, 0) is 4.79 Å². The summed E-state index contributed by atoms with van der Waals surface area (Å²) in [7, 11) is 2.03. The van der Waals surface area contributed by atoms with Crippen molar-refractivity contribution >= 4 is 11.6 Å². The van der Waals surface area contributed by atoms with Gasteiger partial charge in [-0.05, 0) is 67.6 Å². The lowest BCUT2D eigenvalue weighted by Gasteiger charge is -2.61. The maximum atomic E-state index is 12.3. The van der Waals surface area contributed by atoms with E-state index >= 15 is 0 Å². The second-order valence-electron chi connectivity index (χ2n) is 10.5. The first kappa shape index (κ1) is 18.3. The zero-order chi connectivity index (χ0) is 18.9. The van der Waals surface area contributed by atoms with Gasteiger partial charge >= 0.3 is 0 Å². The lowest BCUT2D eigenvalue weighted by molar-refractivity contribution is -0.155. The highest BCUT2D eigenvalue weighted by molar-refractivity contribution is 5.94. The predicted octanol–water partition coefficient (Wildman–Crippen LogP) is 4.56. The molecule has 1 heterocycles. The lowest BCUT2D eigenvalue weighted by Crippen LogP contribution is -2.61. The number of hydrogen-bond acceptors (Lipinski definition) is 3. The van der Waals surface area contributed by atoms with Crippen LogP contribution < -0.4 is 0 Å². The third-order valence-corrected chi connectivity index (χ3v) is 9.30. The Morgan fingerprint density at radius 3 is 2.54 bits per heavy atom. The summed E-state index contributed by atoms with van der Waals surface area (Å²) in [6, 6.07) is 0.419. The largest absolute Gasteiger partial charge is 0.411 e. The van der Waals surface area contributed by atoms with Crippen molar-refractivity contribution in [1.82, 2.24) is 4.90 Å². The summed E-state index contributed by atoms with van der Waals surface area (Å²) in [5.74, 6) is 3.36. The maximum absolute atomic E-state index is 12.3. The molecule has 1 aliphatic heterocycles. The molecule has 3 aliphatic carbocycles. The van der Waals surface area contributed by atoms with E-state index in [9.17, 15) is 10.0 Å². The first-order chi connectivity index (χ1) is 12.2. The van der Waals surface area contributed by atoms with Gasteiger partial charge in [-0.25, -0.2) is 0 Å². The molecule has 26 heavy (non-hydrogen) atoms. The van der Waals surface area contributed by atoms with E-state index in [-0.39, 0.29) is 10.8 Å². The number of hydrogen-bond donors (Lipinski definition) is 1. The normalized spacial score (nSPS) is 49.9. The van der Waals surface area contributed by atoms with Gasteiger partial charge < -0.3 is 10.1 Å². The molecule has 146 valence electrons. The monoisotopic (exact) mass is 360 g/mol. The summed E-state index contributed by atoms with van der Waals surface area (Å²) in [5.41, 5.74) is 1.42. The number of piperidine rings is 1. The molecule has 4 heteroatoms. The van der Waals surface area contributed by atoms with Gasteiger partial charge in [-0.2, -0.15) is 0 Å². The number of rotatable bonds is 1. The second-order valence-corrected chi connectivity index (χ2v) is 10.5. The average molecular weight is 361 g/mol. The van der Waals surface area contributed by atoms with Crippen molar-refractivity contribution < 1.29 is 10.0 Å². The molecule has 0 aromatic rings. The molecule has 0 bridgehead atoms. The minimum absolute atomic E-state index is 0.0738. The van der Waals surface area contributed by atoms with E-state index in [1.165, 1.54) is 19.3 Å². The molecule has 1 amide bonds. The predicted molar refractivity (Wildman–Crippen MR) is 103 cm³/mol. The van der Waals surface area contributed by atoms with Gasteiger partial charge in [0.05, 0.1) is 5.71 Å². The first-order valence-electron chi connectivity index (χ1n) is 10.7. The topological polar surface area (TPSA) is 52.9 Å². The summed E-state index contributed by atoms with van der Waals surface area (Å²) in [6.07, 6.45) is 7.69. The first-order valence-corrected chi connectivity index (χ1v) is 10.7. The van der Waals surface area contributed by atoms with Gasteiger partial charge in [0.2, 0.25) is 5.91 Å². The Bertz CT molecular complexity index is 630. The van der Waals surface area contributed by atoms with Crippen LogP contribution in [-0.4, -0.2) is 34.8 Å². The fraction of sp³-hybridized carbons (Fsp3) is 0.909. The summed E-state index contributed by atoms with van der Waals surface area (Å²) in [6.45, 7) is 9.38. The van der Waals surface area contributed by atoms with Gasteiger partial charge in [-0.1, -0.05) is 32.9 Å². The highest BCUT2D eigenvalue weighted by atomic mass is 16.4. The highest BCUT2D eigenvalue weighted by Gasteiger charge is 2.62. The number of nitrogens with zero attached hydrogens (tertiary/aromatic N) is 2. The number of carbonyl (C=O) groups is 1. The molecule has 4 aliphatic rings. The molecule has 3 saturated carbocycles. The molecule has 1 saturated heterocycles. The Kier molecular flexibility index (Phi) is 4.20. The van der Waals surface area contributed by atoms with Crippen molar-refractivity contribution in [2.24, 2.45) is 45.6 Å². The number of fused-ring (bicyclic) bond motifs is 5. The standard InChI is InChI=1S/C22H36N2O2/c1-13(2)15-12-17-14-6-7-18-21(3,11-9-19(25)24(18)5)16(14)8-10-22(17,4)20(15)23-26/h13-18,26H,6-12H2,1-5H3/t14-,15-,16+,17+,18-,21-,22+/m1/s1. The van der Waals surface area contributed by atoms with Crippen molar-refractivity contribution in [3.63, 3.8) is 0 Å². The molecule has 4 rings (SSSR count). The van der Waals surface area contributed by atoms with E-state index in [4.69, 9.17) is 0 Å². The van der Waals surface area contributed by atoms with Crippen LogP contribution in [0.15, 0.2) is 5.16 Å². The second kappa shape index (κ2) is 5.97. The minimum Gasteiger partial charge on any atom is -0.411 e. The van der Waals surface area contributed by atoms with Gasteiger partial charge in [0.15, 0.2) is 0 Å². The SMILES string of the molecule is CC(C)[C@H]1C[C@H]2[C@@H]3CC[C@H]4N(C)C(=O)CC[C@]4(C)[C@H]3CC[C@]2(C)C1=NO. The quantitative estimate of drug-likeness (QED) is 0.550. The molecule has 0 radical (unpaired) electrons. The minimum atomic E-state index is 0.0738. The smallest absolute Gasteiger partial charge is 0.222 e. The van der Waals surface area contributed by atoms with Crippen LogP contribution in [0, 0.1) is 40.4 Å². The molecular formula is C22H36N2O2. The Balaban J connectivity index is 1.67. The zero-order valence-electron chi connectivity index (χ0n) is 17.2. The molecule has 0 unspecified atom stereocenters. The van der Waals surface area contributed by atoms with E-state index in [0.29, 0.717) is 42.0 Å². The zero-order valence-corrected chi connectivity index (χ0v) is 17.2. The van der Waals surface area contributed by atoms with Crippen LogP contribution in [0.4, 0.5) is 0 Å².